The minimum absolute atomic E-state index is 0.296. The van der Waals surface area contributed by atoms with E-state index in [1.807, 2.05) is 17.4 Å². The van der Waals surface area contributed by atoms with Gasteiger partial charge in [0.2, 0.25) is 5.91 Å². The van der Waals surface area contributed by atoms with Crippen molar-refractivity contribution in [2.24, 2.45) is 0 Å². The SMILES string of the molecule is CC(C)N(C(=O)CCCCCCCn1c[c]nc1)C(C)C. The highest BCUT2D eigenvalue weighted by Crippen LogP contribution is 2.12. The number of unbranched alkanes of at least 4 members (excludes halogenated alkanes) is 4. The molecule has 4 nitrogen and oxygen atoms in total. The van der Waals surface area contributed by atoms with E-state index in [-0.39, 0.29) is 0 Å². The first-order valence-electron chi connectivity index (χ1n) is 8.21. The molecule has 0 aliphatic carbocycles. The highest BCUT2D eigenvalue weighted by Gasteiger charge is 2.18. The van der Waals surface area contributed by atoms with Gasteiger partial charge in [-0.25, -0.2) is 4.98 Å². The molecule has 0 N–H and O–H groups in total. The van der Waals surface area contributed by atoms with Crippen LogP contribution in [0.3, 0.4) is 0 Å². The molecule has 0 saturated carbocycles. The Hall–Kier alpha value is -1.32. The number of hydrogen-bond donors (Lipinski definition) is 0. The summed E-state index contributed by atoms with van der Waals surface area (Å²) >= 11 is 0. The zero-order chi connectivity index (χ0) is 15.7. The monoisotopic (exact) mass is 292 g/mol. The molecule has 1 heterocycles. The van der Waals surface area contributed by atoms with Gasteiger partial charge in [-0.2, -0.15) is 0 Å². The molecule has 1 amide bonds. The van der Waals surface area contributed by atoms with Gasteiger partial charge in [-0.1, -0.05) is 19.3 Å². The van der Waals surface area contributed by atoms with Crippen LogP contribution >= 0.6 is 0 Å². The predicted octanol–water partition coefficient (Wildman–Crippen LogP) is 3.67. The summed E-state index contributed by atoms with van der Waals surface area (Å²) in [6.45, 7) is 9.37. The van der Waals surface area contributed by atoms with E-state index in [9.17, 15) is 4.79 Å². The summed E-state index contributed by atoms with van der Waals surface area (Å²) in [6, 6.07) is 0.592. The molecule has 0 bridgehead atoms. The first-order valence-corrected chi connectivity index (χ1v) is 8.21. The van der Waals surface area contributed by atoms with Crippen LogP contribution < -0.4 is 0 Å². The van der Waals surface area contributed by atoms with Crippen molar-refractivity contribution < 1.29 is 4.79 Å². The standard InChI is InChI=1S/C17H30N3O/c1-15(2)20(16(3)4)17(21)10-8-6-5-7-9-12-19-13-11-18-14-19/h13-16H,5-10,12H2,1-4H3. The summed E-state index contributed by atoms with van der Waals surface area (Å²) in [7, 11) is 0. The van der Waals surface area contributed by atoms with Gasteiger partial charge in [0.05, 0.1) is 6.33 Å². The van der Waals surface area contributed by atoms with Gasteiger partial charge in [-0.15, -0.1) is 0 Å². The summed E-state index contributed by atoms with van der Waals surface area (Å²) in [5.74, 6) is 0.300. The Kier molecular flexibility index (Phi) is 8.09. The Morgan fingerprint density at radius 1 is 1.10 bits per heavy atom. The number of amides is 1. The van der Waals surface area contributed by atoms with Crippen LogP contribution in [0.5, 0.6) is 0 Å². The van der Waals surface area contributed by atoms with Crippen molar-refractivity contribution in [2.45, 2.75) is 84.8 Å². The maximum absolute atomic E-state index is 12.2. The lowest BCUT2D eigenvalue weighted by Gasteiger charge is -2.30. The molecule has 0 aliphatic heterocycles. The molecule has 1 rings (SSSR count). The van der Waals surface area contributed by atoms with Gasteiger partial charge in [0.25, 0.3) is 0 Å². The largest absolute Gasteiger partial charge is 0.338 e. The number of imidazole rings is 1. The maximum atomic E-state index is 12.2. The van der Waals surface area contributed by atoms with Crippen molar-refractivity contribution in [3.8, 4) is 0 Å². The van der Waals surface area contributed by atoms with Gasteiger partial charge < -0.3 is 9.47 Å². The van der Waals surface area contributed by atoms with E-state index in [4.69, 9.17) is 0 Å². The molecule has 1 aromatic heterocycles. The van der Waals surface area contributed by atoms with Gasteiger partial charge in [-0.3, -0.25) is 4.79 Å². The lowest BCUT2D eigenvalue weighted by molar-refractivity contribution is -0.134. The molecule has 119 valence electrons. The van der Waals surface area contributed by atoms with E-state index < -0.39 is 0 Å². The Bertz CT molecular complexity index is 377. The van der Waals surface area contributed by atoms with Gasteiger partial charge in [0.1, 0.15) is 6.20 Å². The third-order valence-electron chi connectivity index (χ3n) is 3.71. The molecular weight excluding hydrogens is 262 g/mol. The van der Waals surface area contributed by atoms with Crippen LogP contribution in [0.4, 0.5) is 0 Å². The number of aromatic nitrogens is 2. The zero-order valence-corrected chi connectivity index (χ0v) is 14.0. The molecule has 4 heteroatoms. The van der Waals surface area contributed by atoms with E-state index in [2.05, 4.69) is 43.4 Å². The second kappa shape index (κ2) is 9.59. The van der Waals surface area contributed by atoms with Crippen LogP contribution in [-0.4, -0.2) is 32.4 Å². The van der Waals surface area contributed by atoms with Crippen LogP contribution in [0.1, 0.15) is 66.2 Å². The highest BCUT2D eigenvalue weighted by atomic mass is 16.2. The first-order chi connectivity index (χ1) is 10.0. The number of hydrogen-bond acceptors (Lipinski definition) is 2. The van der Waals surface area contributed by atoms with Gasteiger partial charge in [0.15, 0.2) is 0 Å². The quantitative estimate of drug-likeness (QED) is 0.617. The normalized spacial score (nSPS) is 11.3. The zero-order valence-electron chi connectivity index (χ0n) is 14.0. The Labute approximate surface area is 129 Å². The van der Waals surface area contributed by atoms with Crippen molar-refractivity contribution in [3.05, 3.63) is 18.7 Å². The average Bonchev–Trinajstić information content (AvgIpc) is 2.89. The fraction of sp³-hybridized carbons (Fsp3) is 0.765. The van der Waals surface area contributed by atoms with Crippen molar-refractivity contribution in [1.29, 1.82) is 0 Å². The van der Waals surface area contributed by atoms with E-state index in [1.54, 1.807) is 0 Å². The molecule has 0 fully saturated rings. The maximum Gasteiger partial charge on any atom is 0.223 e. The van der Waals surface area contributed by atoms with Crippen molar-refractivity contribution >= 4 is 5.91 Å². The molecule has 0 saturated heterocycles. The topological polar surface area (TPSA) is 38.1 Å². The van der Waals surface area contributed by atoms with Gasteiger partial charge >= 0.3 is 0 Å². The number of carbonyl (C=O) groups excluding carboxylic acids is 1. The Morgan fingerprint density at radius 2 is 1.71 bits per heavy atom. The second-order valence-electron chi connectivity index (χ2n) is 6.25. The van der Waals surface area contributed by atoms with Crippen molar-refractivity contribution in [2.75, 3.05) is 0 Å². The lowest BCUT2D eigenvalue weighted by atomic mass is 10.1. The predicted molar refractivity (Wildman–Crippen MR) is 85.9 cm³/mol. The Morgan fingerprint density at radius 3 is 2.29 bits per heavy atom. The van der Waals surface area contributed by atoms with E-state index in [0.717, 1.165) is 19.4 Å². The van der Waals surface area contributed by atoms with Crippen molar-refractivity contribution in [3.63, 3.8) is 0 Å². The van der Waals surface area contributed by atoms with E-state index in [1.165, 1.54) is 19.3 Å². The summed E-state index contributed by atoms with van der Waals surface area (Å²) in [4.78, 5) is 18.1. The van der Waals surface area contributed by atoms with Crippen LogP contribution in [0.25, 0.3) is 0 Å². The number of carbonyl (C=O) groups is 1. The molecule has 0 unspecified atom stereocenters. The molecular formula is C17H30N3O. The molecule has 0 atom stereocenters. The van der Waals surface area contributed by atoms with E-state index in [0.29, 0.717) is 24.4 Å². The first kappa shape index (κ1) is 17.7. The molecule has 0 aromatic carbocycles. The van der Waals surface area contributed by atoms with Crippen LogP contribution in [0.2, 0.25) is 0 Å². The van der Waals surface area contributed by atoms with Crippen molar-refractivity contribution in [1.82, 2.24) is 14.5 Å². The summed E-state index contributed by atoms with van der Waals surface area (Å²) < 4.78 is 2.06. The minimum Gasteiger partial charge on any atom is -0.338 e. The third-order valence-corrected chi connectivity index (χ3v) is 3.71. The summed E-state index contributed by atoms with van der Waals surface area (Å²) in [5, 5.41) is 0. The number of nitrogens with zero attached hydrogens (tertiary/aromatic N) is 3. The van der Waals surface area contributed by atoms with Gasteiger partial charge in [0, 0.05) is 31.2 Å². The smallest absolute Gasteiger partial charge is 0.223 e. The van der Waals surface area contributed by atoms with Crippen LogP contribution in [0.15, 0.2) is 12.5 Å². The molecule has 0 spiro atoms. The number of rotatable bonds is 10. The van der Waals surface area contributed by atoms with Crippen LogP contribution in [-0.2, 0) is 11.3 Å². The molecule has 1 radical (unpaired) electrons. The molecule has 0 aliphatic rings. The lowest BCUT2D eigenvalue weighted by Crippen LogP contribution is -2.41. The van der Waals surface area contributed by atoms with E-state index >= 15 is 0 Å². The average molecular weight is 292 g/mol. The van der Waals surface area contributed by atoms with Crippen LogP contribution in [0, 0.1) is 6.20 Å². The third kappa shape index (κ3) is 6.78. The van der Waals surface area contributed by atoms with Gasteiger partial charge in [-0.05, 0) is 40.5 Å². The number of aryl methyl sites for hydroxylation is 1. The Balaban J connectivity index is 2.06. The summed E-state index contributed by atoms with van der Waals surface area (Å²) in [5.41, 5.74) is 0. The highest BCUT2D eigenvalue weighted by molar-refractivity contribution is 5.76. The minimum atomic E-state index is 0.296. The summed E-state index contributed by atoms with van der Waals surface area (Å²) in [6.07, 6.45) is 12.9. The molecule has 1 aromatic rings. The second-order valence-corrected chi connectivity index (χ2v) is 6.25. The fourth-order valence-electron chi connectivity index (χ4n) is 2.77. The fourth-order valence-corrected chi connectivity index (χ4v) is 2.77. The molecule has 21 heavy (non-hydrogen) atoms.